The van der Waals surface area contributed by atoms with Crippen LogP contribution in [0.1, 0.15) is 46.1 Å². The van der Waals surface area contributed by atoms with Crippen LogP contribution >= 0.6 is 0 Å². The highest BCUT2D eigenvalue weighted by atomic mass is 19.1. The Kier molecular flexibility index (Phi) is 6.73. The number of aryl methyl sites for hydroxylation is 1. The van der Waals surface area contributed by atoms with E-state index in [1.807, 2.05) is 61.5 Å². The van der Waals surface area contributed by atoms with E-state index in [2.05, 4.69) is 15.2 Å². The standard InChI is InChI=1S/C26H28FN3O/c1-19-9-2-4-12-22(19)26(31)29-25(24-14-6-7-15-28-24)21-11-8-16-30(18-21)17-20-10-3-5-13-23(20)27/h2-7,9-10,12-15,21,25H,8,11,16-18H2,1H3,(H,29,31)/t21-,25+/m1/s1. The van der Waals surface area contributed by atoms with Crippen molar-refractivity contribution in [2.24, 2.45) is 5.92 Å². The zero-order valence-electron chi connectivity index (χ0n) is 17.8. The molecule has 0 radical (unpaired) electrons. The number of pyridine rings is 1. The van der Waals surface area contributed by atoms with Gasteiger partial charge in [-0.3, -0.25) is 14.7 Å². The fraction of sp³-hybridized carbons (Fsp3) is 0.308. The molecule has 31 heavy (non-hydrogen) atoms. The number of carbonyl (C=O) groups excluding carboxylic acids is 1. The van der Waals surface area contributed by atoms with Crippen LogP contribution in [0.2, 0.25) is 0 Å². The van der Waals surface area contributed by atoms with Gasteiger partial charge < -0.3 is 5.32 Å². The molecule has 1 N–H and O–H groups in total. The van der Waals surface area contributed by atoms with Crippen LogP contribution in [0.3, 0.4) is 0 Å². The molecular formula is C26H28FN3O. The normalized spacial score (nSPS) is 17.8. The predicted molar refractivity (Wildman–Crippen MR) is 120 cm³/mol. The first kappa shape index (κ1) is 21.2. The highest BCUT2D eigenvalue weighted by molar-refractivity contribution is 5.95. The lowest BCUT2D eigenvalue weighted by atomic mass is 9.88. The molecule has 2 atom stereocenters. The van der Waals surface area contributed by atoms with Gasteiger partial charge in [0.1, 0.15) is 5.82 Å². The van der Waals surface area contributed by atoms with Crippen molar-refractivity contribution in [2.45, 2.75) is 32.4 Å². The molecule has 0 unspecified atom stereocenters. The Morgan fingerprint density at radius 2 is 1.90 bits per heavy atom. The van der Waals surface area contributed by atoms with Crippen LogP contribution in [0, 0.1) is 18.7 Å². The van der Waals surface area contributed by atoms with Crippen LogP contribution in [-0.2, 0) is 6.54 Å². The summed E-state index contributed by atoms with van der Waals surface area (Å²) in [6.07, 6.45) is 3.76. The first-order chi connectivity index (χ1) is 15.1. The Morgan fingerprint density at radius 1 is 1.13 bits per heavy atom. The van der Waals surface area contributed by atoms with Crippen LogP contribution in [0.25, 0.3) is 0 Å². The largest absolute Gasteiger partial charge is 0.343 e. The average molecular weight is 418 g/mol. The van der Waals surface area contributed by atoms with Gasteiger partial charge in [0.2, 0.25) is 0 Å². The number of halogens is 1. The summed E-state index contributed by atoms with van der Waals surface area (Å²) < 4.78 is 14.2. The van der Waals surface area contributed by atoms with Crippen molar-refractivity contribution in [3.63, 3.8) is 0 Å². The highest BCUT2D eigenvalue weighted by Gasteiger charge is 2.31. The Bertz CT molecular complexity index is 1020. The van der Waals surface area contributed by atoms with Crippen molar-refractivity contribution in [1.82, 2.24) is 15.2 Å². The second-order valence-corrected chi connectivity index (χ2v) is 8.25. The second kappa shape index (κ2) is 9.84. The van der Waals surface area contributed by atoms with E-state index in [1.165, 1.54) is 6.07 Å². The number of nitrogens with zero attached hydrogens (tertiary/aromatic N) is 2. The molecule has 4 nitrogen and oxygen atoms in total. The molecule has 0 aliphatic carbocycles. The van der Waals surface area contributed by atoms with E-state index in [0.29, 0.717) is 17.7 Å². The molecule has 0 spiro atoms. The third-order valence-electron chi connectivity index (χ3n) is 6.05. The number of piperidine rings is 1. The van der Waals surface area contributed by atoms with Gasteiger partial charge >= 0.3 is 0 Å². The summed E-state index contributed by atoms with van der Waals surface area (Å²) in [5.41, 5.74) is 3.20. The fourth-order valence-corrected chi connectivity index (χ4v) is 4.41. The number of benzene rings is 2. The monoisotopic (exact) mass is 417 g/mol. The van der Waals surface area contributed by atoms with Gasteiger partial charge in [-0.1, -0.05) is 42.5 Å². The van der Waals surface area contributed by atoms with Gasteiger partial charge in [-0.2, -0.15) is 0 Å². The van der Waals surface area contributed by atoms with Gasteiger partial charge in [0.25, 0.3) is 5.91 Å². The van der Waals surface area contributed by atoms with Crippen molar-refractivity contribution >= 4 is 5.91 Å². The molecule has 160 valence electrons. The van der Waals surface area contributed by atoms with Crippen molar-refractivity contribution in [2.75, 3.05) is 13.1 Å². The number of likely N-dealkylation sites (tertiary alicyclic amines) is 1. The molecule has 3 aromatic rings. The third kappa shape index (κ3) is 5.17. The minimum absolute atomic E-state index is 0.0834. The summed E-state index contributed by atoms with van der Waals surface area (Å²) in [6.45, 7) is 4.22. The smallest absolute Gasteiger partial charge is 0.252 e. The molecule has 4 rings (SSSR count). The molecule has 2 aromatic carbocycles. The quantitative estimate of drug-likeness (QED) is 0.620. The topological polar surface area (TPSA) is 45.2 Å². The van der Waals surface area contributed by atoms with Crippen LogP contribution in [0.5, 0.6) is 0 Å². The maximum atomic E-state index is 14.2. The first-order valence-electron chi connectivity index (χ1n) is 10.8. The molecule has 1 aromatic heterocycles. The minimum Gasteiger partial charge on any atom is -0.343 e. The number of hydrogen-bond donors (Lipinski definition) is 1. The van der Waals surface area contributed by atoms with E-state index in [4.69, 9.17) is 0 Å². The highest BCUT2D eigenvalue weighted by Crippen LogP contribution is 2.30. The molecule has 5 heteroatoms. The fourth-order valence-electron chi connectivity index (χ4n) is 4.41. The van der Waals surface area contributed by atoms with Crippen LogP contribution in [0.4, 0.5) is 4.39 Å². The lowest BCUT2D eigenvalue weighted by molar-refractivity contribution is 0.0873. The lowest BCUT2D eigenvalue weighted by Crippen LogP contribution is -2.43. The van der Waals surface area contributed by atoms with Gasteiger partial charge in [0.15, 0.2) is 0 Å². The molecule has 1 amide bonds. The lowest BCUT2D eigenvalue weighted by Gasteiger charge is -2.37. The van der Waals surface area contributed by atoms with Gasteiger partial charge in [-0.05, 0) is 62.1 Å². The molecule has 1 aliphatic heterocycles. The van der Waals surface area contributed by atoms with Crippen molar-refractivity contribution in [1.29, 1.82) is 0 Å². The number of aromatic nitrogens is 1. The number of carbonyl (C=O) groups is 1. The number of amides is 1. The van der Waals surface area contributed by atoms with Gasteiger partial charge in [0.05, 0.1) is 11.7 Å². The molecule has 1 saturated heterocycles. The van der Waals surface area contributed by atoms with Crippen molar-refractivity contribution in [3.8, 4) is 0 Å². The average Bonchev–Trinajstić information content (AvgIpc) is 2.80. The molecule has 1 fully saturated rings. The van der Waals surface area contributed by atoms with E-state index in [9.17, 15) is 9.18 Å². The summed E-state index contributed by atoms with van der Waals surface area (Å²) in [6, 6.07) is 20.2. The Morgan fingerprint density at radius 3 is 2.68 bits per heavy atom. The Balaban J connectivity index is 1.54. The third-order valence-corrected chi connectivity index (χ3v) is 6.05. The SMILES string of the molecule is Cc1ccccc1C(=O)N[C@H](c1ccccn1)[C@@H]1CCCN(Cc2ccccc2F)C1. The second-order valence-electron chi connectivity index (χ2n) is 8.25. The van der Waals surface area contributed by atoms with Crippen molar-refractivity contribution < 1.29 is 9.18 Å². The van der Waals surface area contributed by atoms with E-state index in [0.717, 1.165) is 37.2 Å². The van der Waals surface area contributed by atoms with Crippen LogP contribution in [0.15, 0.2) is 72.9 Å². The van der Waals surface area contributed by atoms with E-state index in [-0.39, 0.29) is 23.7 Å². The predicted octanol–water partition coefficient (Wildman–Crippen LogP) is 4.91. The van der Waals surface area contributed by atoms with Gasteiger partial charge in [-0.25, -0.2) is 4.39 Å². The Labute approximate surface area is 183 Å². The van der Waals surface area contributed by atoms with Gasteiger partial charge in [0, 0.05) is 30.4 Å². The molecule has 0 saturated carbocycles. The summed E-state index contributed by atoms with van der Waals surface area (Å²) in [4.78, 5) is 19.9. The van der Waals surface area contributed by atoms with E-state index in [1.54, 1.807) is 12.3 Å². The maximum absolute atomic E-state index is 14.2. The number of hydrogen-bond acceptors (Lipinski definition) is 3. The molecule has 1 aliphatic rings. The number of nitrogens with one attached hydrogen (secondary N) is 1. The Hall–Kier alpha value is -3.05. The minimum atomic E-state index is -0.197. The summed E-state index contributed by atoms with van der Waals surface area (Å²) >= 11 is 0. The van der Waals surface area contributed by atoms with E-state index < -0.39 is 0 Å². The van der Waals surface area contributed by atoms with Gasteiger partial charge in [-0.15, -0.1) is 0 Å². The van der Waals surface area contributed by atoms with E-state index >= 15 is 0 Å². The molecular weight excluding hydrogens is 389 g/mol. The summed E-state index contributed by atoms with van der Waals surface area (Å²) in [5.74, 6) is -0.0536. The molecule has 2 heterocycles. The molecule has 0 bridgehead atoms. The first-order valence-corrected chi connectivity index (χ1v) is 10.8. The summed E-state index contributed by atoms with van der Waals surface area (Å²) in [7, 11) is 0. The zero-order valence-corrected chi connectivity index (χ0v) is 17.8. The summed E-state index contributed by atoms with van der Waals surface area (Å²) in [5, 5.41) is 3.25. The maximum Gasteiger partial charge on any atom is 0.252 e. The number of rotatable bonds is 6. The van der Waals surface area contributed by atoms with Crippen molar-refractivity contribution in [3.05, 3.63) is 101 Å². The van der Waals surface area contributed by atoms with Crippen LogP contribution < -0.4 is 5.32 Å². The zero-order chi connectivity index (χ0) is 21.6. The van der Waals surface area contributed by atoms with Crippen LogP contribution in [-0.4, -0.2) is 28.9 Å².